The predicted octanol–water partition coefficient (Wildman–Crippen LogP) is 4.23. The summed E-state index contributed by atoms with van der Waals surface area (Å²) in [7, 11) is 0. The summed E-state index contributed by atoms with van der Waals surface area (Å²) in [4.78, 5) is 16.6. The van der Waals surface area contributed by atoms with E-state index in [2.05, 4.69) is 63.4 Å². The molecule has 0 atom stereocenters. The van der Waals surface area contributed by atoms with Gasteiger partial charge in [-0.05, 0) is 54.7 Å². The molecule has 2 heterocycles. The third kappa shape index (κ3) is 5.54. The van der Waals surface area contributed by atoms with E-state index in [0.29, 0.717) is 0 Å². The van der Waals surface area contributed by atoms with Crippen LogP contribution in [0.25, 0.3) is 10.1 Å². The van der Waals surface area contributed by atoms with Crippen LogP contribution in [-0.2, 0) is 11.2 Å². The zero-order valence-corrected chi connectivity index (χ0v) is 18.5. The third-order valence-electron chi connectivity index (χ3n) is 5.40. The maximum Gasteiger partial charge on any atom is 0.412 e. The Morgan fingerprint density at radius 3 is 2.68 bits per heavy atom. The van der Waals surface area contributed by atoms with Gasteiger partial charge in [0.1, 0.15) is 5.82 Å². The van der Waals surface area contributed by atoms with Crippen molar-refractivity contribution in [2.75, 3.05) is 49.5 Å². The molecule has 1 N–H and O–H groups in total. The molecule has 1 aliphatic rings. The van der Waals surface area contributed by atoms with Crippen LogP contribution < -0.4 is 10.2 Å². The zero-order chi connectivity index (χ0) is 21.5. The standard InChI is InChI=1S/C24H26N4O2S/c1-2-3-18-30-24(29)25-20-10-8-19(9-11-20)12-13-27-14-16-28(17-15-27)23-21-6-4-5-7-22(21)31-26-23/h4-11H,12-18H2,1H3,(H,25,29). The van der Waals surface area contributed by atoms with E-state index < -0.39 is 6.09 Å². The first-order valence-electron chi connectivity index (χ1n) is 10.5. The Morgan fingerprint density at radius 1 is 1.13 bits per heavy atom. The minimum atomic E-state index is -0.485. The van der Waals surface area contributed by atoms with Gasteiger partial charge in [-0.2, -0.15) is 4.37 Å². The van der Waals surface area contributed by atoms with Crippen molar-refractivity contribution in [2.45, 2.75) is 13.3 Å². The third-order valence-corrected chi connectivity index (χ3v) is 6.22. The van der Waals surface area contributed by atoms with Crippen molar-refractivity contribution in [1.82, 2.24) is 9.27 Å². The number of nitrogens with zero attached hydrogens (tertiary/aromatic N) is 3. The summed E-state index contributed by atoms with van der Waals surface area (Å²) in [5.74, 6) is 6.51. The monoisotopic (exact) mass is 434 g/mol. The van der Waals surface area contributed by atoms with E-state index in [1.165, 1.54) is 15.6 Å². The maximum atomic E-state index is 11.7. The van der Waals surface area contributed by atoms with Crippen molar-refractivity contribution in [3.63, 3.8) is 0 Å². The highest BCUT2D eigenvalue weighted by Crippen LogP contribution is 2.29. The van der Waals surface area contributed by atoms with Crippen molar-refractivity contribution in [3.05, 3.63) is 54.1 Å². The number of piperazine rings is 1. The van der Waals surface area contributed by atoms with Gasteiger partial charge in [0.25, 0.3) is 0 Å². The molecule has 0 radical (unpaired) electrons. The summed E-state index contributed by atoms with van der Waals surface area (Å²) in [5, 5.41) is 3.98. The molecule has 0 unspecified atom stereocenters. The fourth-order valence-electron chi connectivity index (χ4n) is 3.65. The Balaban J connectivity index is 1.22. The molecular weight excluding hydrogens is 408 g/mol. The number of benzene rings is 2. The lowest BCUT2D eigenvalue weighted by Crippen LogP contribution is -2.47. The molecule has 1 saturated heterocycles. The summed E-state index contributed by atoms with van der Waals surface area (Å²) in [5.41, 5.74) is 1.98. The van der Waals surface area contributed by atoms with Crippen molar-refractivity contribution in [3.8, 4) is 11.8 Å². The second kappa shape index (κ2) is 10.3. The second-order valence-corrected chi connectivity index (χ2v) is 8.21. The first-order valence-corrected chi connectivity index (χ1v) is 11.2. The molecule has 1 aromatic heterocycles. The SMILES string of the molecule is CC#CCOC(=O)Nc1ccc(CCN2CCN(c3nsc4ccccc34)CC2)cc1. The van der Waals surface area contributed by atoms with E-state index in [4.69, 9.17) is 9.11 Å². The maximum absolute atomic E-state index is 11.7. The molecule has 1 aliphatic heterocycles. The van der Waals surface area contributed by atoms with E-state index >= 15 is 0 Å². The molecule has 7 heteroatoms. The molecule has 1 amide bonds. The smallest absolute Gasteiger partial charge is 0.412 e. The molecule has 6 nitrogen and oxygen atoms in total. The van der Waals surface area contributed by atoms with Crippen molar-refractivity contribution >= 4 is 39.2 Å². The average Bonchev–Trinajstić information content (AvgIpc) is 3.23. The van der Waals surface area contributed by atoms with Gasteiger partial charge in [0.15, 0.2) is 6.61 Å². The minimum Gasteiger partial charge on any atom is -0.436 e. The van der Waals surface area contributed by atoms with Crippen LogP contribution in [0, 0.1) is 11.8 Å². The molecule has 31 heavy (non-hydrogen) atoms. The molecule has 0 spiro atoms. The zero-order valence-electron chi connectivity index (χ0n) is 17.6. The predicted molar refractivity (Wildman–Crippen MR) is 127 cm³/mol. The molecule has 0 bridgehead atoms. The highest BCUT2D eigenvalue weighted by atomic mass is 32.1. The van der Waals surface area contributed by atoms with Crippen LogP contribution in [0.1, 0.15) is 12.5 Å². The van der Waals surface area contributed by atoms with E-state index in [1.807, 2.05) is 12.1 Å². The van der Waals surface area contributed by atoms with Gasteiger partial charge in [0.2, 0.25) is 0 Å². The average molecular weight is 435 g/mol. The van der Waals surface area contributed by atoms with Gasteiger partial charge in [-0.3, -0.25) is 10.2 Å². The fraction of sp³-hybridized carbons (Fsp3) is 0.333. The lowest BCUT2D eigenvalue weighted by Gasteiger charge is -2.35. The number of carbonyl (C=O) groups is 1. The van der Waals surface area contributed by atoms with Crippen LogP contribution in [0.3, 0.4) is 0 Å². The summed E-state index contributed by atoms with van der Waals surface area (Å²) in [6.45, 7) is 6.92. The first kappa shape index (κ1) is 21.2. The Hall–Kier alpha value is -3.08. The fourth-order valence-corrected chi connectivity index (χ4v) is 4.45. The van der Waals surface area contributed by atoms with Crippen LogP contribution in [0.15, 0.2) is 48.5 Å². The number of rotatable bonds is 6. The highest BCUT2D eigenvalue weighted by molar-refractivity contribution is 7.13. The van der Waals surface area contributed by atoms with Gasteiger partial charge in [-0.1, -0.05) is 30.2 Å². The van der Waals surface area contributed by atoms with Gasteiger partial charge in [-0.25, -0.2) is 4.79 Å². The van der Waals surface area contributed by atoms with Gasteiger partial charge in [0, 0.05) is 43.8 Å². The lowest BCUT2D eigenvalue weighted by molar-refractivity contribution is 0.176. The number of hydrogen-bond acceptors (Lipinski definition) is 6. The van der Waals surface area contributed by atoms with Gasteiger partial charge in [-0.15, -0.1) is 5.92 Å². The molecule has 2 aromatic carbocycles. The number of amides is 1. The van der Waals surface area contributed by atoms with Crippen LogP contribution in [0.4, 0.5) is 16.3 Å². The summed E-state index contributed by atoms with van der Waals surface area (Å²) < 4.78 is 10.9. The molecule has 0 saturated carbocycles. The summed E-state index contributed by atoms with van der Waals surface area (Å²) in [6.07, 6.45) is 0.498. The Morgan fingerprint density at radius 2 is 1.90 bits per heavy atom. The van der Waals surface area contributed by atoms with E-state index in [1.54, 1.807) is 18.5 Å². The molecule has 1 fully saturated rings. The topological polar surface area (TPSA) is 57.7 Å². The molecule has 4 rings (SSSR count). The Bertz CT molecular complexity index is 1080. The summed E-state index contributed by atoms with van der Waals surface area (Å²) in [6, 6.07) is 16.4. The molecular formula is C24H26N4O2S. The highest BCUT2D eigenvalue weighted by Gasteiger charge is 2.20. The Kier molecular flexibility index (Phi) is 7.03. The quantitative estimate of drug-likeness (QED) is 0.589. The van der Waals surface area contributed by atoms with Gasteiger partial charge >= 0.3 is 6.09 Å². The number of ether oxygens (including phenoxy) is 1. The molecule has 3 aromatic rings. The van der Waals surface area contributed by atoms with E-state index in [-0.39, 0.29) is 6.61 Å². The number of hydrogen-bond donors (Lipinski definition) is 1. The van der Waals surface area contributed by atoms with E-state index in [0.717, 1.165) is 50.6 Å². The number of nitrogens with one attached hydrogen (secondary N) is 1. The first-order chi connectivity index (χ1) is 15.2. The van der Waals surface area contributed by atoms with Gasteiger partial charge < -0.3 is 9.64 Å². The normalized spacial score (nSPS) is 14.2. The molecule has 160 valence electrons. The van der Waals surface area contributed by atoms with Crippen molar-refractivity contribution in [1.29, 1.82) is 0 Å². The number of aromatic nitrogens is 1. The Labute approximate surface area is 187 Å². The van der Waals surface area contributed by atoms with Crippen molar-refractivity contribution in [2.24, 2.45) is 0 Å². The largest absolute Gasteiger partial charge is 0.436 e. The number of fused-ring (bicyclic) bond motifs is 1. The van der Waals surface area contributed by atoms with Crippen LogP contribution in [-0.4, -0.2) is 54.7 Å². The van der Waals surface area contributed by atoms with Crippen LogP contribution >= 0.6 is 11.5 Å². The number of carbonyl (C=O) groups excluding carboxylic acids is 1. The van der Waals surface area contributed by atoms with Gasteiger partial charge in [0.05, 0.1) is 4.70 Å². The minimum absolute atomic E-state index is 0.104. The number of anilines is 2. The van der Waals surface area contributed by atoms with Crippen LogP contribution in [0.5, 0.6) is 0 Å². The molecule has 0 aliphatic carbocycles. The van der Waals surface area contributed by atoms with Crippen LogP contribution in [0.2, 0.25) is 0 Å². The lowest BCUT2D eigenvalue weighted by atomic mass is 10.1. The summed E-state index contributed by atoms with van der Waals surface area (Å²) >= 11 is 1.58. The van der Waals surface area contributed by atoms with Crippen molar-refractivity contribution < 1.29 is 9.53 Å². The second-order valence-electron chi connectivity index (χ2n) is 7.41. The van der Waals surface area contributed by atoms with E-state index in [9.17, 15) is 4.79 Å².